The third kappa shape index (κ3) is 4.99. The van der Waals surface area contributed by atoms with Gasteiger partial charge in [0.15, 0.2) is 5.25 Å². The molecule has 2 heterocycles. The highest BCUT2D eigenvalue weighted by atomic mass is 32.2. The largest absolute Gasteiger partial charge is 0.341 e. The maximum atomic E-state index is 13.4. The number of aryl methyl sites for hydroxylation is 2. The van der Waals surface area contributed by atoms with E-state index in [1.54, 1.807) is 0 Å². The molecule has 1 N–H and O–H groups in total. The number of thioether (sulfide) groups is 1. The first kappa shape index (κ1) is 22.4. The monoisotopic (exact) mass is 451 g/mol. The summed E-state index contributed by atoms with van der Waals surface area (Å²) in [6.45, 7) is 5.20. The first-order valence-electron chi connectivity index (χ1n) is 11.2. The molecule has 2 aromatic rings. The number of para-hydroxylation sites is 1. The summed E-state index contributed by atoms with van der Waals surface area (Å²) in [7, 11) is 0. The van der Waals surface area contributed by atoms with Gasteiger partial charge in [-0.15, -0.1) is 11.8 Å². The molecule has 2 aliphatic rings. The zero-order chi connectivity index (χ0) is 22.7. The van der Waals surface area contributed by atoms with E-state index in [1.165, 1.54) is 16.7 Å². The van der Waals surface area contributed by atoms with Crippen LogP contribution in [-0.4, -0.2) is 47.5 Å². The Morgan fingerprint density at radius 2 is 1.66 bits per heavy atom. The molecule has 1 atom stereocenters. The van der Waals surface area contributed by atoms with E-state index < -0.39 is 5.25 Å². The third-order valence-corrected chi connectivity index (χ3v) is 7.08. The molecule has 2 aliphatic heterocycles. The molecule has 3 amide bonds. The quantitative estimate of drug-likeness (QED) is 0.709. The zero-order valence-corrected chi connectivity index (χ0v) is 19.4. The summed E-state index contributed by atoms with van der Waals surface area (Å²) >= 11 is 1.30. The number of amides is 3. The van der Waals surface area contributed by atoms with Crippen molar-refractivity contribution < 1.29 is 14.4 Å². The molecule has 0 saturated carbocycles. The Morgan fingerprint density at radius 1 is 1.00 bits per heavy atom. The van der Waals surface area contributed by atoms with Crippen LogP contribution in [0, 0.1) is 13.8 Å². The maximum absolute atomic E-state index is 13.4. The Labute approximate surface area is 193 Å². The number of benzene rings is 2. The number of hydrogen-bond acceptors (Lipinski definition) is 4. The minimum atomic E-state index is -0.850. The number of fused-ring (bicyclic) bond motifs is 1. The van der Waals surface area contributed by atoms with Crippen molar-refractivity contribution >= 4 is 40.9 Å². The third-order valence-electron chi connectivity index (χ3n) is 5.84. The molecule has 4 rings (SSSR count). The van der Waals surface area contributed by atoms with Gasteiger partial charge in [-0.05, 0) is 62.1 Å². The van der Waals surface area contributed by atoms with Gasteiger partial charge < -0.3 is 15.1 Å². The van der Waals surface area contributed by atoms with Crippen LogP contribution in [0.5, 0.6) is 0 Å². The average molecular weight is 452 g/mol. The number of nitrogens with one attached hydrogen (secondary N) is 1. The van der Waals surface area contributed by atoms with Crippen LogP contribution in [0.15, 0.2) is 47.4 Å². The Morgan fingerprint density at radius 3 is 2.34 bits per heavy atom. The van der Waals surface area contributed by atoms with Gasteiger partial charge in [0, 0.05) is 23.7 Å². The molecule has 6 nitrogen and oxygen atoms in total. The van der Waals surface area contributed by atoms with E-state index >= 15 is 0 Å². The number of carbonyl (C=O) groups excluding carboxylic acids is 3. The highest BCUT2D eigenvalue weighted by Gasteiger charge is 2.40. The van der Waals surface area contributed by atoms with Crippen molar-refractivity contribution in [3.63, 3.8) is 0 Å². The van der Waals surface area contributed by atoms with Crippen LogP contribution in [0.4, 0.5) is 11.4 Å². The van der Waals surface area contributed by atoms with Gasteiger partial charge in [0.25, 0.3) is 5.91 Å². The molecule has 0 bridgehead atoms. The Bertz CT molecular complexity index is 1010. The topological polar surface area (TPSA) is 69.7 Å². The fourth-order valence-corrected chi connectivity index (χ4v) is 5.57. The first-order valence-corrected chi connectivity index (χ1v) is 12.0. The van der Waals surface area contributed by atoms with Crippen LogP contribution in [0.2, 0.25) is 0 Å². The number of likely N-dealkylation sites (tertiary alicyclic amines) is 1. The molecule has 0 aliphatic carbocycles. The van der Waals surface area contributed by atoms with Crippen molar-refractivity contribution in [2.75, 3.05) is 29.9 Å². The van der Waals surface area contributed by atoms with Gasteiger partial charge in [-0.3, -0.25) is 14.4 Å². The lowest BCUT2D eigenvalue weighted by molar-refractivity contribution is -0.135. The fraction of sp³-hybridized carbons (Fsp3) is 0.400. The predicted molar refractivity (Wildman–Crippen MR) is 128 cm³/mol. The van der Waals surface area contributed by atoms with E-state index in [-0.39, 0.29) is 24.3 Å². The molecular weight excluding hydrogens is 422 g/mol. The molecule has 7 heteroatoms. The first-order chi connectivity index (χ1) is 15.4. The molecule has 168 valence electrons. The molecular formula is C25H29N3O3S. The van der Waals surface area contributed by atoms with Crippen LogP contribution < -0.4 is 10.2 Å². The minimum Gasteiger partial charge on any atom is -0.341 e. The number of rotatable bonds is 4. The molecule has 1 saturated heterocycles. The Kier molecular flexibility index (Phi) is 6.84. The van der Waals surface area contributed by atoms with E-state index in [1.807, 2.05) is 61.2 Å². The molecule has 1 fully saturated rings. The second kappa shape index (κ2) is 9.77. The summed E-state index contributed by atoms with van der Waals surface area (Å²) in [6.07, 6.45) is 4.16. The molecule has 0 aromatic heterocycles. The number of anilines is 2. The lowest BCUT2D eigenvalue weighted by atomic mass is 10.1. The molecule has 32 heavy (non-hydrogen) atoms. The highest BCUT2D eigenvalue weighted by Crippen LogP contribution is 2.39. The van der Waals surface area contributed by atoms with Crippen LogP contribution in [0.3, 0.4) is 0 Å². The SMILES string of the molecule is Cc1cc(C)cc(NC(=O)CN2C(=O)C(C(=O)N3CCCCCC3)Sc3ccccc32)c1. The smallest absolute Gasteiger partial charge is 0.250 e. The van der Waals surface area contributed by atoms with Gasteiger partial charge in [0.1, 0.15) is 6.54 Å². The summed E-state index contributed by atoms with van der Waals surface area (Å²) in [5.41, 5.74) is 3.49. The maximum Gasteiger partial charge on any atom is 0.250 e. The van der Waals surface area contributed by atoms with Crippen molar-refractivity contribution in [2.24, 2.45) is 0 Å². The number of carbonyl (C=O) groups is 3. The average Bonchev–Trinajstić information content (AvgIpc) is 3.04. The van der Waals surface area contributed by atoms with Gasteiger partial charge >= 0.3 is 0 Å². The Hall–Kier alpha value is -2.80. The van der Waals surface area contributed by atoms with Crippen LogP contribution in [0.25, 0.3) is 0 Å². The van der Waals surface area contributed by atoms with E-state index in [0.29, 0.717) is 24.5 Å². The second-order valence-electron chi connectivity index (χ2n) is 8.55. The predicted octanol–water partition coefficient (Wildman–Crippen LogP) is 4.15. The van der Waals surface area contributed by atoms with E-state index in [0.717, 1.165) is 41.7 Å². The summed E-state index contributed by atoms with van der Waals surface area (Å²) in [5.74, 6) is -0.749. The van der Waals surface area contributed by atoms with E-state index in [9.17, 15) is 14.4 Å². The summed E-state index contributed by atoms with van der Waals surface area (Å²) in [5, 5.41) is 2.05. The van der Waals surface area contributed by atoms with E-state index in [4.69, 9.17) is 0 Å². The van der Waals surface area contributed by atoms with Crippen molar-refractivity contribution in [1.29, 1.82) is 0 Å². The van der Waals surface area contributed by atoms with Gasteiger partial charge in [0.05, 0.1) is 5.69 Å². The van der Waals surface area contributed by atoms with Gasteiger partial charge in [-0.1, -0.05) is 31.0 Å². The van der Waals surface area contributed by atoms with Crippen molar-refractivity contribution in [2.45, 2.75) is 49.7 Å². The van der Waals surface area contributed by atoms with Crippen molar-refractivity contribution in [1.82, 2.24) is 4.90 Å². The summed E-state index contributed by atoms with van der Waals surface area (Å²) < 4.78 is 0. The zero-order valence-electron chi connectivity index (χ0n) is 18.6. The number of nitrogens with zero attached hydrogens (tertiary/aromatic N) is 2. The lowest BCUT2D eigenvalue weighted by Gasteiger charge is -2.34. The Balaban J connectivity index is 1.55. The molecule has 1 unspecified atom stereocenters. The van der Waals surface area contributed by atoms with Gasteiger partial charge in [0.2, 0.25) is 11.8 Å². The summed E-state index contributed by atoms with van der Waals surface area (Å²) in [4.78, 5) is 43.7. The molecule has 2 aromatic carbocycles. The van der Waals surface area contributed by atoms with Crippen LogP contribution >= 0.6 is 11.8 Å². The summed E-state index contributed by atoms with van der Waals surface area (Å²) in [6, 6.07) is 13.3. The normalized spacial score (nSPS) is 18.7. The highest BCUT2D eigenvalue weighted by molar-refractivity contribution is 8.01. The van der Waals surface area contributed by atoms with Gasteiger partial charge in [-0.25, -0.2) is 0 Å². The van der Waals surface area contributed by atoms with Crippen LogP contribution in [-0.2, 0) is 14.4 Å². The molecule has 0 spiro atoms. The van der Waals surface area contributed by atoms with Gasteiger partial charge in [-0.2, -0.15) is 0 Å². The van der Waals surface area contributed by atoms with E-state index in [2.05, 4.69) is 5.32 Å². The van der Waals surface area contributed by atoms with Crippen molar-refractivity contribution in [3.05, 3.63) is 53.6 Å². The standard InChI is InChI=1S/C25H29N3O3S/c1-17-13-18(2)15-19(14-17)26-22(29)16-28-20-9-5-6-10-21(20)32-23(25(28)31)24(30)27-11-7-3-4-8-12-27/h5-6,9-10,13-15,23H,3-4,7-8,11-12,16H2,1-2H3,(H,26,29). The molecule has 0 radical (unpaired) electrons. The minimum absolute atomic E-state index is 0.132. The lowest BCUT2D eigenvalue weighted by Crippen LogP contribution is -2.51. The van der Waals surface area contributed by atoms with Crippen molar-refractivity contribution in [3.8, 4) is 0 Å². The van der Waals surface area contributed by atoms with Crippen LogP contribution in [0.1, 0.15) is 36.8 Å². The number of hydrogen-bond donors (Lipinski definition) is 1. The fourth-order valence-electron chi connectivity index (χ4n) is 4.38. The second-order valence-corrected chi connectivity index (χ2v) is 9.70.